The van der Waals surface area contributed by atoms with Gasteiger partial charge in [-0.05, 0) is 31.0 Å². The molecule has 0 atom stereocenters. The Kier molecular flexibility index (Phi) is 2.31. The second-order valence-electron chi connectivity index (χ2n) is 4.14. The van der Waals surface area contributed by atoms with Crippen LogP contribution in [0.1, 0.15) is 35.9 Å². The van der Waals surface area contributed by atoms with Gasteiger partial charge in [0, 0.05) is 5.92 Å². The van der Waals surface area contributed by atoms with Gasteiger partial charge in [-0.2, -0.15) is 0 Å². The van der Waals surface area contributed by atoms with Gasteiger partial charge in [0.25, 0.3) is 0 Å². The minimum Gasteiger partial charge on any atom is -0.241 e. The lowest BCUT2D eigenvalue weighted by Crippen LogP contribution is -1.84. The molecule has 0 fully saturated rings. The zero-order chi connectivity index (χ0) is 10.3. The molecule has 2 heteroatoms. The maximum Gasteiger partial charge on any atom is 0.0964 e. The van der Waals surface area contributed by atoms with Gasteiger partial charge in [-0.25, -0.2) is 4.98 Å². The average molecular weight is 205 g/mol. The van der Waals surface area contributed by atoms with E-state index in [1.807, 2.05) is 11.3 Å². The average Bonchev–Trinajstić information content (AvgIpc) is 2.47. The van der Waals surface area contributed by atoms with Crippen LogP contribution in [0.5, 0.6) is 0 Å². The number of rotatable bonds is 1. The molecule has 0 aliphatic rings. The van der Waals surface area contributed by atoms with Gasteiger partial charge in [-0.1, -0.05) is 19.9 Å². The first-order chi connectivity index (χ1) is 6.58. The molecule has 0 aliphatic heterocycles. The van der Waals surface area contributed by atoms with Gasteiger partial charge in [-0.15, -0.1) is 11.3 Å². The fourth-order valence-corrected chi connectivity index (χ4v) is 2.78. The van der Waals surface area contributed by atoms with E-state index >= 15 is 0 Å². The van der Waals surface area contributed by atoms with Crippen molar-refractivity contribution in [1.29, 1.82) is 0 Å². The van der Waals surface area contributed by atoms with Crippen LogP contribution in [0.25, 0.3) is 10.2 Å². The molecular weight excluding hydrogens is 190 g/mol. The van der Waals surface area contributed by atoms with E-state index < -0.39 is 0 Å². The van der Waals surface area contributed by atoms with E-state index in [1.54, 1.807) is 0 Å². The lowest BCUT2D eigenvalue weighted by atomic mass is 10.1. The molecule has 0 saturated carbocycles. The monoisotopic (exact) mass is 205 g/mol. The van der Waals surface area contributed by atoms with Crippen LogP contribution in [-0.4, -0.2) is 4.98 Å². The summed E-state index contributed by atoms with van der Waals surface area (Å²) in [5.74, 6) is 0.534. The molecule has 2 aromatic rings. The zero-order valence-corrected chi connectivity index (χ0v) is 9.90. The molecule has 14 heavy (non-hydrogen) atoms. The highest BCUT2D eigenvalue weighted by Gasteiger charge is 2.09. The second kappa shape index (κ2) is 3.35. The number of benzene rings is 1. The molecular formula is C12H15NS. The quantitative estimate of drug-likeness (QED) is 0.684. The fourth-order valence-electron chi connectivity index (χ4n) is 1.63. The standard InChI is InChI=1S/C12H15NS/c1-7(2)12-13-11-9(4)5-8(3)6-10(11)14-12/h5-7H,1-4H3. The first-order valence-electron chi connectivity index (χ1n) is 4.95. The van der Waals surface area contributed by atoms with Crippen molar-refractivity contribution in [2.45, 2.75) is 33.6 Å². The Morgan fingerprint density at radius 2 is 1.93 bits per heavy atom. The molecule has 0 spiro atoms. The summed E-state index contributed by atoms with van der Waals surface area (Å²) >= 11 is 1.82. The van der Waals surface area contributed by atoms with Crippen molar-refractivity contribution in [3.63, 3.8) is 0 Å². The number of aromatic nitrogens is 1. The third kappa shape index (κ3) is 1.55. The third-order valence-corrected chi connectivity index (χ3v) is 3.64. The van der Waals surface area contributed by atoms with Gasteiger partial charge < -0.3 is 0 Å². The number of aryl methyl sites for hydroxylation is 2. The van der Waals surface area contributed by atoms with Crippen molar-refractivity contribution in [3.8, 4) is 0 Å². The molecule has 1 aromatic carbocycles. The molecule has 1 heterocycles. The molecule has 0 amide bonds. The lowest BCUT2D eigenvalue weighted by Gasteiger charge is -1.96. The Hall–Kier alpha value is -0.890. The highest BCUT2D eigenvalue weighted by atomic mass is 32.1. The van der Waals surface area contributed by atoms with E-state index in [4.69, 9.17) is 0 Å². The van der Waals surface area contributed by atoms with E-state index in [1.165, 1.54) is 26.4 Å². The Morgan fingerprint density at radius 1 is 1.21 bits per heavy atom. The highest BCUT2D eigenvalue weighted by Crippen LogP contribution is 2.29. The molecule has 1 nitrogen and oxygen atoms in total. The second-order valence-corrected chi connectivity index (χ2v) is 5.20. The Morgan fingerprint density at radius 3 is 2.57 bits per heavy atom. The van der Waals surface area contributed by atoms with Crippen LogP contribution in [-0.2, 0) is 0 Å². The summed E-state index contributed by atoms with van der Waals surface area (Å²) in [6, 6.07) is 4.43. The first-order valence-corrected chi connectivity index (χ1v) is 5.77. The molecule has 0 radical (unpaired) electrons. The van der Waals surface area contributed by atoms with E-state index in [-0.39, 0.29) is 0 Å². The Balaban J connectivity index is 2.70. The van der Waals surface area contributed by atoms with Gasteiger partial charge >= 0.3 is 0 Å². The van der Waals surface area contributed by atoms with Crippen molar-refractivity contribution >= 4 is 21.6 Å². The zero-order valence-electron chi connectivity index (χ0n) is 9.09. The maximum absolute atomic E-state index is 4.67. The Labute approximate surface area is 88.8 Å². The van der Waals surface area contributed by atoms with Crippen LogP contribution in [0.2, 0.25) is 0 Å². The lowest BCUT2D eigenvalue weighted by molar-refractivity contribution is 0.856. The predicted molar refractivity (Wildman–Crippen MR) is 63.2 cm³/mol. The molecule has 0 bridgehead atoms. The summed E-state index contributed by atoms with van der Waals surface area (Å²) in [6.45, 7) is 8.67. The molecule has 0 saturated heterocycles. The number of fused-ring (bicyclic) bond motifs is 1. The smallest absolute Gasteiger partial charge is 0.0964 e. The summed E-state index contributed by atoms with van der Waals surface area (Å²) < 4.78 is 1.33. The van der Waals surface area contributed by atoms with Crippen LogP contribution in [0.4, 0.5) is 0 Å². The third-order valence-electron chi connectivity index (χ3n) is 2.34. The van der Waals surface area contributed by atoms with Crippen molar-refractivity contribution in [3.05, 3.63) is 28.3 Å². The van der Waals surface area contributed by atoms with E-state index in [0.29, 0.717) is 5.92 Å². The summed E-state index contributed by atoms with van der Waals surface area (Å²) in [6.07, 6.45) is 0. The molecule has 1 aromatic heterocycles. The normalized spacial score (nSPS) is 11.5. The molecule has 74 valence electrons. The van der Waals surface area contributed by atoms with Gasteiger partial charge in [-0.3, -0.25) is 0 Å². The van der Waals surface area contributed by atoms with E-state index in [0.717, 1.165) is 0 Å². The van der Waals surface area contributed by atoms with Crippen molar-refractivity contribution in [2.24, 2.45) is 0 Å². The van der Waals surface area contributed by atoms with Crippen LogP contribution >= 0.6 is 11.3 Å². The minimum absolute atomic E-state index is 0.534. The minimum atomic E-state index is 0.534. The predicted octanol–water partition coefficient (Wildman–Crippen LogP) is 4.04. The Bertz CT molecular complexity index is 468. The maximum atomic E-state index is 4.67. The first kappa shape index (κ1) is 9.66. The SMILES string of the molecule is Cc1cc(C)c2nc(C(C)C)sc2c1. The summed E-state index contributed by atoms with van der Waals surface area (Å²) in [5.41, 5.74) is 3.81. The van der Waals surface area contributed by atoms with Crippen LogP contribution < -0.4 is 0 Å². The number of nitrogens with zero attached hydrogens (tertiary/aromatic N) is 1. The number of hydrogen-bond donors (Lipinski definition) is 0. The van der Waals surface area contributed by atoms with Gasteiger partial charge in [0.15, 0.2) is 0 Å². The molecule has 0 unspecified atom stereocenters. The summed E-state index contributed by atoms with van der Waals surface area (Å²) in [4.78, 5) is 4.67. The van der Waals surface area contributed by atoms with Crippen LogP contribution in [0.3, 0.4) is 0 Å². The van der Waals surface area contributed by atoms with Crippen LogP contribution in [0.15, 0.2) is 12.1 Å². The van der Waals surface area contributed by atoms with E-state index in [2.05, 4.69) is 44.8 Å². The number of hydrogen-bond acceptors (Lipinski definition) is 2. The largest absolute Gasteiger partial charge is 0.241 e. The molecule has 0 aliphatic carbocycles. The summed E-state index contributed by atoms with van der Waals surface area (Å²) in [5, 5.41) is 1.24. The topological polar surface area (TPSA) is 12.9 Å². The number of thiazole rings is 1. The van der Waals surface area contributed by atoms with Crippen molar-refractivity contribution in [1.82, 2.24) is 4.98 Å². The van der Waals surface area contributed by atoms with Gasteiger partial charge in [0.1, 0.15) is 0 Å². The van der Waals surface area contributed by atoms with Gasteiger partial charge in [0.2, 0.25) is 0 Å². The molecule has 0 N–H and O–H groups in total. The van der Waals surface area contributed by atoms with Crippen LogP contribution in [0, 0.1) is 13.8 Å². The van der Waals surface area contributed by atoms with Gasteiger partial charge in [0.05, 0.1) is 15.2 Å². The van der Waals surface area contributed by atoms with E-state index in [9.17, 15) is 0 Å². The van der Waals surface area contributed by atoms with Crippen molar-refractivity contribution in [2.75, 3.05) is 0 Å². The summed E-state index contributed by atoms with van der Waals surface area (Å²) in [7, 11) is 0. The fraction of sp³-hybridized carbons (Fsp3) is 0.417. The molecule has 2 rings (SSSR count). The van der Waals surface area contributed by atoms with Crippen molar-refractivity contribution < 1.29 is 0 Å². The highest BCUT2D eigenvalue weighted by molar-refractivity contribution is 7.18.